The molecule has 0 saturated heterocycles. The molecule has 0 aliphatic rings. The van der Waals surface area contributed by atoms with Crippen molar-refractivity contribution in [2.24, 2.45) is 0 Å². The average molecular weight is 389 g/mol. The van der Waals surface area contributed by atoms with Crippen LogP contribution in [0.2, 0.25) is 0 Å². The zero-order chi connectivity index (χ0) is 21.4. The first kappa shape index (κ1) is 20.9. The van der Waals surface area contributed by atoms with E-state index in [1.807, 2.05) is 36.5 Å². The Hall–Kier alpha value is -2.81. The van der Waals surface area contributed by atoms with Crippen molar-refractivity contribution in [2.45, 2.75) is 59.3 Å². The van der Waals surface area contributed by atoms with E-state index in [0.717, 1.165) is 10.9 Å². The van der Waals surface area contributed by atoms with Crippen molar-refractivity contribution >= 4 is 21.7 Å². The van der Waals surface area contributed by atoms with Gasteiger partial charge in [0.05, 0.1) is 11.7 Å². The van der Waals surface area contributed by atoms with Gasteiger partial charge in [-0.15, -0.1) is 0 Å². The zero-order valence-electron chi connectivity index (χ0n) is 18.6. The van der Waals surface area contributed by atoms with Crippen molar-refractivity contribution in [3.05, 3.63) is 71.4 Å². The van der Waals surface area contributed by atoms with Gasteiger partial charge in [0, 0.05) is 5.39 Å². The summed E-state index contributed by atoms with van der Waals surface area (Å²) in [5.74, 6) is 0.346. The summed E-state index contributed by atoms with van der Waals surface area (Å²) in [4.78, 5) is 0. The number of aryl methyl sites for hydroxylation is 1. The number of aromatic nitrogens is 2. The second kappa shape index (κ2) is 7.55. The number of aromatic hydroxyl groups is 1. The highest BCUT2D eigenvalue weighted by Gasteiger charge is 2.20. The number of rotatable bonds is 0. The smallest absolute Gasteiger partial charge is 0.116 e. The number of H-pyrrole nitrogens is 1. The first-order valence-electron chi connectivity index (χ1n) is 10.1. The third-order valence-corrected chi connectivity index (χ3v) is 5.24. The Bertz CT molecular complexity index is 1140. The van der Waals surface area contributed by atoms with Crippen molar-refractivity contribution in [1.82, 2.24) is 10.2 Å². The fourth-order valence-electron chi connectivity index (χ4n) is 4.04. The van der Waals surface area contributed by atoms with E-state index < -0.39 is 0 Å². The van der Waals surface area contributed by atoms with Crippen LogP contribution in [0, 0.1) is 6.92 Å². The highest BCUT2D eigenvalue weighted by molar-refractivity contribution is 5.88. The minimum Gasteiger partial charge on any atom is -0.508 e. The summed E-state index contributed by atoms with van der Waals surface area (Å²) in [6.45, 7) is 15.4. The normalized spacial score (nSPS) is 12.1. The molecule has 0 amide bonds. The van der Waals surface area contributed by atoms with Crippen LogP contribution in [0.5, 0.6) is 5.75 Å². The fourth-order valence-corrected chi connectivity index (χ4v) is 4.04. The molecule has 0 spiro atoms. The molecule has 0 unspecified atom stereocenters. The summed E-state index contributed by atoms with van der Waals surface area (Å²) in [5.41, 5.74) is 5.28. The first-order chi connectivity index (χ1) is 13.5. The quantitative estimate of drug-likeness (QED) is 0.340. The number of aromatic amines is 1. The molecule has 4 rings (SSSR count). The number of hydrogen-bond acceptors (Lipinski definition) is 2. The second-order valence-electron chi connectivity index (χ2n) is 9.80. The molecule has 0 bridgehead atoms. The molecule has 3 aromatic carbocycles. The maximum atomic E-state index is 9.67. The summed E-state index contributed by atoms with van der Waals surface area (Å²) in [5, 5.41) is 20.3. The molecule has 3 nitrogen and oxygen atoms in total. The molecule has 1 heterocycles. The largest absolute Gasteiger partial charge is 0.508 e. The van der Waals surface area contributed by atoms with Gasteiger partial charge in [-0.1, -0.05) is 71.9 Å². The third-order valence-electron chi connectivity index (χ3n) is 5.24. The van der Waals surface area contributed by atoms with Crippen LogP contribution in [0.3, 0.4) is 0 Å². The maximum absolute atomic E-state index is 9.67. The summed E-state index contributed by atoms with van der Waals surface area (Å²) in [7, 11) is 0. The van der Waals surface area contributed by atoms with Crippen molar-refractivity contribution < 1.29 is 5.11 Å². The van der Waals surface area contributed by atoms with Crippen LogP contribution in [0.1, 0.15) is 58.2 Å². The predicted molar refractivity (Wildman–Crippen MR) is 124 cm³/mol. The van der Waals surface area contributed by atoms with Gasteiger partial charge in [-0.2, -0.15) is 5.10 Å². The molecule has 1 aromatic heterocycles. The molecule has 0 atom stereocenters. The van der Waals surface area contributed by atoms with Crippen molar-refractivity contribution in [3.63, 3.8) is 0 Å². The number of phenols is 1. The van der Waals surface area contributed by atoms with Gasteiger partial charge in [-0.3, -0.25) is 5.10 Å². The van der Waals surface area contributed by atoms with Crippen molar-refractivity contribution in [1.29, 1.82) is 0 Å². The van der Waals surface area contributed by atoms with Gasteiger partial charge in [0.1, 0.15) is 5.75 Å². The Kier molecular flexibility index (Phi) is 5.44. The molecule has 0 aliphatic carbocycles. The van der Waals surface area contributed by atoms with E-state index in [-0.39, 0.29) is 10.8 Å². The van der Waals surface area contributed by atoms with E-state index in [0.29, 0.717) is 5.75 Å². The Morgan fingerprint density at radius 3 is 2.17 bits per heavy atom. The van der Waals surface area contributed by atoms with Crippen LogP contribution in [0.15, 0.2) is 54.7 Å². The molecule has 0 aliphatic heterocycles. The van der Waals surface area contributed by atoms with Crippen molar-refractivity contribution in [3.8, 4) is 5.75 Å². The molecular weight excluding hydrogens is 356 g/mol. The lowest BCUT2D eigenvalue weighted by Crippen LogP contribution is -2.13. The van der Waals surface area contributed by atoms with Gasteiger partial charge in [-0.05, 0) is 63.4 Å². The molecule has 4 aromatic rings. The number of phenolic OH excluding ortho intramolecular Hbond substituents is 1. The Morgan fingerprint density at radius 2 is 1.52 bits per heavy atom. The van der Waals surface area contributed by atoms with Crippen LogP contribution in [-0.2, 0) is 10.8 Å². The summed E-state index contributed by atoms with van der Waals surface area (Å²) in [6, 6.07) is 16.1. The summed E-state index contributed by atoms with van der Waals surface area (Å²) >= 11 is 0. The number of nitrogens with zero attached hydrogens (tertiary/aromatic N) is 1. The predicted octanol–water partition coefficient (Wildman–Crippen LogP) is 7.01. The van der Waals surface area contributed by atoms with Gasteiger partial charge in [0.25, 0.3) is 0 Å². The van der Waals surface area contributed by atoms with E-state index in [1.165, 1.54) is 27.5 Å². The fraction of sp³-hybridized carbons (Fsp3) is 0.346. The van der Waals surface area contributed by atoms with Crippen LogP contribution < -0.4 is 0 Å². The molecule has 0 radical (unpaired) electrons. The van der Waals surface area contributed by atoms with E-state index in [1.54, 1.807) is 0 Å². The Balaban J connectivity index is 0.000000166. The SMILES string of the molecule is CC(C)(C)c1cc(O)cc2ccccc12.Cc1ccc2[nH]ncc2c1C(C)(C)C. The van der Waals surface area contributed by atoms with E-state index in [4.69, 9.17) is 0 Å². The lowest BCUT2D eigenvalue weighted by atomic mass is 9.82. The molecule has 3 heteroatoms. The first-order valence-corrected chi connectivity index (χ1v) is 10.1. The van der Waals surface area contributed by atoms with Crippen LogP contribution >= 0.6 is 0 Å². The molecular formula is C26H32N2O. The summed E-state index contributed by atoms with van der Waals surface area (Å²) < 4.78 is 0. The molecule has 2 N–H and O–H groups in total. The topological polar surface area (TPSA) is 48.9 Å². The number of nitrogens with one attached hydrogen (secondary N) is 1. The van der Waals surface area contributed by atoms with Gasteiger partial charge in [-0.25, -0.2) is 0 Å². The van der Waals surface area contributed by atoms with Crippen LogP contribution in [0.25, 0.3) is 21.7 Å². The molecule has 0 saturated carbocycles. The Labute approximate surface area is 173 Å². The van der Waals surface area contributed by atoms with Gasteiger partial charge < -0.3 is 5.11 Å². The number of benzene rings is 3. The minimum atomic E-state index is 0.0539. The lowest BCUT2D eigenvalue weighted by Gasteiger charge is -2.22. The Morgan fingerprint density at radius 1 is 0.828 bits per heavy atom. The number of hydrogen-bond donors (Lipinski definition) is 2. The second-order valence-corrected chi connectivity index (χ2v) is 9.80. The van der Waals surface area contributed by atoms with E-state index in [2.05, 4.69) is 76.9 Å². The van der Waals surface area contributed by atoms with E-state index >= 15 is 0 Å². The monoisotopic (exact) mass is 388 g/mol. The van der Waals surface area contributed by atoms with E-state index in [9.17, 15) is 5.11 Å². The van der Waals surface area contributed by atoms with Gasteiger partial charge in [0.15, 0.2) is 0 Å². The lowest BCUT2D eigenvalue weighted by molar-refractivity contribution is 0.472. The van der Waals surface area contributed by atoms with Gasteiger partial charge >= 0.3 is 0 Å². The van der Waals surface area contributed by atoms with Crippen LogP contribution in [0.4, 0.5) is 0 Å². The maximum Gasteiger partial charge on any atom is 0.116 e. The summed E-state index contributed by atoms with van der Waals surface area (Å²) in [6.07, 6.45) is 1.92. The average Bonchev–Trinajstić information content (AvgIpc) is 3.07. The number of fused-ring (bicyclic) bond motifs is 2. The molecule has 29 heavy (non-hydrogen) atoms. The van der Waals surface area contributed by atoms with Crippen molar-refractivity contribution in [2.75, 3.05) is 0 Å². The molecule has 152 valence electrons. The minimum absolute atomic E-state index is 0.0539. The standard InChI is InChI=1S/C14H16O.C12H16N2/c1-14(2,3)13-9-11(15)8-10-6-4-5-7-12(10)13;1-8-5-6-10-9(7-13-14-10)11(8)12(2,3)4/h4-9,15H,1-3H3;5-7H,1-4H3,(H,13,14). The van der Waals surface area contributed by atoms with Crippen LogP contribution in [-0.4, -0.2) is 15.3 Å². The highest BCUT2D eigenvalue weighted by atomic mass is 16.3. The molecule has 0 fully saturated rings. The van der Waals surface area contributed by atoms with Gasteiger partial charge in [0.2, 0.25) is 0 Å². The highest BCUT2D eigenvalue weighted by Crippen LogP contribution is 2.33. The zero-order valence-corrected chi connectivity index (χ0v) is 18.6. The third kappa shape index (κ3) is 4.45.